The van der Waals surface area contributed by atoms with Crippen molar-refractivity contribution in [1.82, 2.24) is 20.4 Å². The molecule has 0 radical (unpaired) electrons. The molecule has 6 N–H and O–H groups in total. The van der Waals surface area contributed by atoms with E-state index in [1.807, 2.05) is 26.0 Å². The first-order valence-corrected chi connectivity index (χ1v) is 14.0. The number of anilines is 3. The number of alkyl halides is 3. The number of aromatic nitrogens is 4. The third kappa shape index (κ3) is 7.08. The number of hydrogen-bond acceptors (Lipinski definition) is 5. The molecule has 0 aliphatic heterocycles. The SMILES string of the molecule is CCCC(=O)Nc1n[nH]c2c(N)c(Br)ccc12.CCCC(=O)Nc1n[nH]c2cc(-c3ccc(C(F)(F)F)cc3)ccc12. The Hall–Kier alpha value is -4.39. The molecular formula is C29H29BrF3N7O2. The van der Waals surface area contributed by atoms with Gasteiger partial charge in [-0.2, -0.15) is 23.4 Å². The van der Waals surface area contributed by atoms with Gasteiger partial charge in [-0.25, -0.2) is 0 Å². The number of nitrogen functional groups attached to an aromatic ring is 1. The van der Waals surface area contributed by atoms with E-state index in [0.29, 0.717) is 41.2 Å². The Morgan fingerprint density at radius 3 is 1.98 bits per heavy atom. The van der Waals surface area contributed by atoms with Crippen LogP contribution in [0.3, 0.4) is 0 Å². The molecule has 220 valence electrons. The third-order valence-electron chi connectivity index (χ3n) is 6.31. The lowest BCUT2D eigenvalue weighted by Gasteiger charge is -2.08. The Morgan fingerprint density at radius 1 is 0.833 bits per heavy atom. The minimum absolute atomic E-state index is 0.0395. The molecule has 2 heterocycles. The van der Waals surface area contributed by atoms with E-state index >= 15 is 0 Å². The smallest absolute Gasteiger partial charge is 0.396 e. The topological polar surface area (TPSA) is 142 Å². The number of amides is 2. The molecule has 0 saturated carbocycles. The van der Waals surface area contributed by atoms with Crippen molar-refractivity contribution in [2.45, 2.75) is 45.7 Å². The minimum atomic E-state index is -4.35. The highest BCUT2D eigenvalue weighted by Gasteiger charge is 2.30. The maximum absolute atomic E-state index is 12.6. The van der Waals surface area contributed by atoms with E-state index < -0.39 is 11.7 Å². The van der Waals surface area contributed by atoms with Crippen LogP contribution >= 0.6 is 15.9 Å². The van der Waals surface area contributed by atoms with Gasteiger partial charge in [0.2, 0.25) is 11.8 Å². The van der Waals surface area contributed by atoms with Gasteiger partial charge in [-0.3, -0.25) is 19.8 Å². The summed E-state index contributed by atoms with van der Waals surface area (Å²) in [7, 11) is 0. The first kappa shape index (κ1) is 30.6. The number of nitrogens with one attached hydrogen (secondary N) is 4. The number of halogens is 4. The summed E-state index contributed by atoms with van der Waals surface area (Å²) in [5.74, 6) is 0.829. The Morgan fingerprint density at radius 2 is 1.38 bits per heavy atom. The van der Waals surface area contributed by atoms with Crippen molar-refractivity contribution in [3.63, 3.8) is 0 Å². The van der Waals surface area contributed by atoms with Crippen LogP contribution in [0.4, 0.5) is 30.5 Å². The molecule has 0 bridgehead atoms. The number of fused-ring (bicyclic) bond motifs is 2. The molecule has 2 amide bonds. The quantitative estimate of drug-likeness (QED) is 0.116. The molecule has 5 rings (SSSR count). The van der Waals surface area contributed by atoms with Gasteiger partial charge in [0.15, 0.2) is 11.6 Å². The Balaban J connectivity index is 0.000000208. The summed E-state index contributed by atoms with van der Waals surface area (Å²) in [4.78, 5) is 23.2. The maximum atomic E-state index is 12.6. The summed E-state index contributed by atoms with van der Waals surface area (Å²) in [6, 6.07) is 14.0. The average Bonchev–Trinajstić information content (AvgIpc) is 3.55. The van der Waals surface area contributed by atoms with Gasteiger partial charge in [0.1, 0.15) is 0 Å². The first-order chi connectivity index (χ1) is 20.0. The number of carbonyl (C=O) groups excluding carboxylic acids is 2. The first-order valence-electron chi connectivity index (χ1n) is 13.2. The predicted molar refractivity (Wildman–Crippen MR) is 162 cm³/mol. The van der Waals surface area contributed by atoms with Gasteiger partial charge in [-0.15, -0.1) is 0 Å². The Kier molecular flexibility index (Phi) is 9.51. The number of benzene rings is 3. The molecule has 0 unspecified atom stereocenters. The lowest BCUT2D eigenvalue weighted by molar-refractivity contribution is -0.137. The summed E-state index contributed by atoms with van der Waals surface area (Å²) in [5, 5.41) is 20.9. The van der Waals surface area contributed by atoms with Gasteiger partial charge in [0.25, 0.3) is 0 Å². The number of rotatable bonds is 7. The van der Waals surface area contributed by atoms with Crippen LogP contribution in [0, 0.1) is 0 Å². The third-order valence-corrected chi connectivity index (χ3v) is 7.00. The molecular weight excluding hydrogens is 615 g/mol. The van der Waals surface area contributed by atoms with E-state index in [9.17, 15) is 22.8 Å². The average molecular weight is 644 g/mol. The minimum Gasteiger partial charge on any atom is -0.396 e. The summed E-state index contributed by atoms with van der Waals surface area (Å²) < 4.78 is 38.7. The van der Waals surface area contributed by atoms with Crippen LogP contribution in [0.5, 0.6) is 0 Å². The fraction of sp³-hybridized carbons (Fsp3) is 0.241. The van der Waals surface area contributed by atoms with E-state index in [1.165, 1.54) is 12.1 Å². The van der Waals surface area contributed by atoms with Crippen LogP contribution in [0.2, 0.25) is 0 Å². The molecule has 9 nitrogen and oxygen atoms in total. The van der Waals surface area contributed by atoms with Crippen LogP contribution in [-0.2, 0) is 15.8 Å². The second kappa shape index (κ2) is 13.1. The van der Waals surface area contributed by atoms with Crippen LogP contribution in [0.15, 0.2) is 59.1 Å². The van der Waals surface area contributed by atoms with Crippen molar-refractivity contribution in [2.24, 2.45) is 0 Å². The van der Waals surface area contributed by atoms with E-state index in [4.69, 9.17) is 5.73 Å². The largest absolute Gasteiger partial charge is 0.416 e. The number of H-pyrrole nitrogens is 2. The summed E-state index contributed by atoms with van der Waals surface area (Å²) >= 11 is 3.34. The highest BCUT2D eigenvalue weighted by atomic mass is 79.9. The zero-order valence-corrected chi connectivity index (χ0v) is 24.4. The fourth-order valence-corrected chi connectivity index (χ4v) is 4.50. The Labute approximate surface area is 247 Å². The van der Waals surface area contributed by atoms with Gasteiger partial charge in [-0.05, 0) is 76.3 Å². The van der Waals surface area contributed by atoms with E-state index in [1.54, 1.807) is 18.2 Å². The lowest BCUT2D eigenvalue weighted by atomic mass is 10.0. The predicted octanol–water partition coefficient (Wildman–Crippen LogP) is 7.63. The molecule has 13 heteroatoms. The molecule has 0 saturated heterocycles. The Bertz CT molecular complexity index is 1710. The van der Waals surface area contributed by atoms with Crippen LogP contribution in [0.25, 0.3) is 32.9 Å². The molecule has 2 aromatic heterocycles. The van der Waals surface area contributed by atoms with Gasteiger partial charge < -0.3 is 16.4 Å². The van der Waals surface area contributed by atoms with E-state index in [-0.39, 0.29) is 11.8 Å². The van der Waals surface area contributed by atoms with Gasteiger partial charge in [-0.1, -0.05) is 32.0 Å². The molecule has 0 aliphatic carbocycles. The second-order valence-electron chi connectivity index (χ2n) is 9.46. The molecule has 0 spiro atoms. The lowest BCUT2D eigenvalue weighted by Crippen LogP contribution is -2.11. The molecule has 0 aliphatic rings. The summed E-state index contributed by atoms with van der Waals surface area (Å²) in [5.41, 5.74) is 8.65. The fourth-order valence-electron chi connectivity index (χ4n) is 4.17. The molecule has 42 heavy (non-hydrogen) atoms. The second-order valence-corrected chi connectivity index (χ2v) is 10.3. The molecule has 5 aromatic rings. The van der Waals surface area contributed by atoms with E-state index in [0.717, 1.165) is 51.3 Å². The van der Waals surface area contributed by atoms with Crippen molar-refractivity contribution in [2.75, 3.05) is 16.4 Å². The van der Waals surface area contributed by atoms with Crippen LogP contribution in [-0.4, -0.2) is 32.2 Å². The van der Waals surface area contributed by atoms with Crippen LogP contribution in [0.1, 0.15) is 45.1 Å². The molecule has 0 fully saturated rings. The number of nitrogens with two attached hydrogens (primary N) is 1. The monoisotopic (exact) mass is 643 g/mol. The van der Waals surface area contributed by atoms with Crippen molar-refractivity contribution in [3.8, 4) is 11.1 Å². The van der Waals surface area contributed by atoms with Crippen molar-refractivity contribution < 1.29 is 22.8 Å². The summed E-state index contributed by atoms with van der Waals surface area (Å²) in [6.45, 7) is 3.87. The zero-order valence-electron chi connectivity index (χ0n) is 22.8. The number of carbonyl (C=O) groups is 2. The maximum Gasteiger partial charge on any atom is 0.416 e. The summed E-state index contributed by atoms with van der Waals surface area (Å²) in [6.07, 6.45) is -1.90. The zero-order chi connectivity index (χ0) is 30.4. The van der Waals surface area contributed by atoms with Crippen molar-refractivity contribution >= 4 is 66.9 Å². The van der Waals surface area contributed by atoms with Crippen molar-refractivity contribution in [3.05, 3.63) is 64.6 Å². The normalized spacial score (nSPS) is 11.3. The number of hydrogen-bond donors (Lipinski definition) is 5. The molecule has 0 atom stereocenters. The molecule has 3 aromatic carbocycles. The number of nitrogens with zero attached hydrogens (tertiary/aromatic N) is 2. The van der Waals surface area contributed by atoms with Gasteiger partial charge in [0, 0.05) is 28.1 Å². The van der Waals surface area contributed by atoms with Crippen molar-refractivity contribution in [1.29, 1.82) is 0 Å². The van der Waals surface area contributed by atoms with Gasteiger partial charge in [0.05, 0.1) is 22.3 Å². The number of aromatic amines is 2. The van der Waals surface area contributed by atoms with E-state index in [2.05, 4.69) is 47.0 Å². The standard InChI is InChI=1S/C18H16F3N3O.C11H13BrN4O/c1-2-3-16(25)22-17-14-9-6-12(10-15(14)23-24-17)11-4-7-13(8-5-11)18(19,20)21;1-2-3-8(17)14-11-6-4-5-7(12)9(13)10(6)15-16-11/h4-10H,2-3H2,1H3,(H2,22,23,24,25);4-5H,2-3,13H2,1H3,(H2,14,15,16,17). The van der Waals surface area contributed by atoms with Gasteiger partial charge >= 0.3 is 6.18 Å². The highest BCUT2D eigenvalue weighted by Crippen LogP contribution is 2.33. The highest BCUT2D eigenvalue weighted by molar-refractivity contribution is 9.10. The van der Waals surface area contributed by atoms with Crippen LogP contribution < -0.4 is 16.4 Å².